The van der Waals surface area contributed by atoms with E-state index in [2.05, 4.69) is 0 Å². The van der Waals surface area contributed by atoms with Crippen molar-refractivity contribution in [3.8, 4) is 0 Å². The molecule has 40 valence electrons. The van der Waals surface area contributed by atoms with Crippen LogP contribution in [-0.2, 0) is 3.02 Å². The molecule has 0 aliphatic rings. The third kappa shape index (κ3) is 284. The molecule has 3 N–H and O–H groups in total. The number of hydrogen-bond acceptors (Lipinski definition) is 1. The summed E-state index contributed by atoms with van der Waals surface area (Å²) in [6, 6.07) is 0. The molecule has 0 saturated carbocycles. The molecule has 6 heavy (non-hydrogen) atoms. The van der Waals surface area contributed by atoms with Gasteiger partial charge in [-0.15, -0.1) is 0 Å². The Bertz CT molecular complexity index is 53.7. The minimum absolute atomic E-state index is 0. The Balaban J connectivity index is 0. The maximum atomic E-state index is 8.97. The quantitative estimate of drug-likeness (QED) is 0.402. The molecule has 0 heterocycles. The molecular formula is H4FO4Sb. The molecule has 0 aromatic rings. The molecule has 0 radical (unpaired) electrons. The van der Waals surface area contributed by atoms with Gasteiger partial charge in [0.2, 0.25) is 0 Å². The van der Waals surface area contributed by atoms with Crippen LogP contribution >= 0.6 is 0 Å². The summed E-state index contributed by atoms with van der Waals surface area (Å²) in [7, 11) is 0. The second-order valence-electron chi connectivity index (χ2n) is 0.513. The van der Waals surface area contributed by atoms with Crippen LogP contribution in [0.4, 0.5) is 4.70 Å². The second-order valence-corrected chi connectivity index (χ2v) is 3.44. The van der Waals surface area contributed by atoms with Gasteiger partial charge in [0.15, 0.2) is 0 Å². The zero-order chi connectivity index (χ0) is 4.50. The Morgan fingerprint density at radius 3 is 1.17 bits per heavy atom. The maximum absolute atomic E-state index is 8.97. The summed E-state index contributed by atoms with van der Waals surface area (Å²) < 4.78 is 30.8. The first-order chi connectivity index (χ1) is 2.00. The van der Waals surface area contributed by atoms with Crippen molar-refractivity contribution in [2.24, 2.45) is 0 Å². The first-order valence-corrected chi connectivity index (χ1v) is 5.25. The molecule has 0 amide bonds. The predicted molar refractivity (Wildman–Crippen MR) is 15.6 cm³/mol. The van der Waals surface area contributed by atoms with Crippen LogP contribution in [-0.4, -0.2) is 30.2 Å². The van der Waals surface area contributed by atoms with E-state index < -0.39 is 20.1 Å². The Labute approximate surface area is 38.5 Å². The van der Waals surface area contributed by atoms with Crippen molar-refractivity contribution in [1.82, 2.24) is 0 Å². The van der Waals surface area contributed by atoms with Crippen LogP contribution in [0.15, 0.2) is 0 Å². The second kappa shape index (κ2) is 2.58. The third-order valence-corrected chi connectivity index (χ3v) is 0. The fourth-order valence-corrected chi connectivity index (χ4v) is 0. The number of rotatable bonds is 0. The van der Waals surface area contributed by atoms with Gasteiger partial charge in [0.1, 0.15) is 0 Å². The van der Waals surface area contributed by atoms with Gasteiger partial charge >= 0.3 is 33.2 Å². The van der Waals surface area contributed by atoms with Crippen LogP contribution < -0.4 is 0 Å². The zero-order valence-electron chi connectivity index (χ0n) is 2.61. The van der Waals surface area contributed by atoms with E-state index in [9.17, 15) is 0 Å². The SMILES string of the molecule is F.[O]=[Sb]([OH])([OH])[OH]. The van der Waals surface area contributed by atoms with Gasteiger partial charge in [0, 0.05) is 0 Å². The van der Waals surface area contributed by atoms with Crippen molar-refractivity contribution in [2.75, 3.05) is 0 Å². The van der Waals surface area contributed by atoms with E-state index in [0.29, 0.717) is 0 Å². The molecule has 0 saturated heterocycles. The summed E-state index contributed by atoms with van der Waals surface area (Å²) in [4.78, 5) is 0. The molecule has 0 aromatic heterocycles. The summed E-state index contributed by atoms with van der Waals surface area (Å²) in [5.74, 6) is 0. The van der Waals surface area contributed by atoms with Crippen molar-refractivity contribution in [2.45, 2.75) is 0 Å². The van der Waals surface area contributed by atoms with Crippen molar-refractivity contribution >= 4 is 20.1 Å². The van der Waals surface area contributed by atoms with Gasteiger partial charge < -0.3 is 0 Å². The number of halogens is 1. The predicted octanol–water partition coefficient (Wildman–Crippen LogP) is -2.02. The van der Waals surface area contributed by atoms with E-state index in [4.69, 9.17) is 13.2 Å². The molecule has 4 nitrogen and oxygen atoms in total. The normalized spacial score (nSPS) is 9.83. The van der Waals surface area contributed by atoms with Gasteiger partial charge in [-0.25, -0.2) is 0 Å². The van der Waals surface area contributed by atoms with Crippen LogP contribution in [0.2, 0.25) is 0 Å². The molecular weight excluding hydrogens is 205 g/mol. The van der Waals surface area contributed by atoms with Crippen LogP contribution in [0.3, 0.4) is 0 Å². The Morgan fingerprint density at radius 2 is 1.17 bits per heavy atom. The molecule has 0 rings (SSSR count). The summed E-state index contributed by atoms with van der Waals surface area (Å²) >= 11 is -5.35. The van der Waals surface area contributed by atoms with E-state index in [1.54, 1.807) is 0 Å². The minimum atomic E-state index is -5.35. The van der Waals surface area contributed by atoms with Crippen LogP contribution in [0.1, 0.15) is 0 Å². The monoisotopic (exact) mass is 208 g/mol. The molecule has 0 aliphatic carbocycles. The van der Waals surface area contributed by atoms with Crippen LogP contribution in [0.25, 0.3) is 0 Å². The summed E-state index contributed by atoms with van der Waals surface area (Å²) in [6.45, 7) is 0. The first kappa shape index (κ1) is 9.66. The van der Waals surface area contributed by atoms with Crippen molar-refractivity contribution < 1.29 is 17.9 Å². The summed E-state index contributed by atoms with van der Waals surface area (Å²) in [5, 5.41) is 0. The summed E-state index contributed by atoms with van der Waals surface area (Å²) in [5.41, 5.74) is 0. The molecule has 0 bridgehead atoms. The Kier molecular flexibility index (Phi) is 4.15. The molecule has 0 spiro atoms. The molecule has 0 unspecified atom stereocenters. The average Bonchev–Trinajstić information content (AvgIpc) is 0.722. The Morgan fingerprint density at radius 1 is 1.17 bits per heavy atom. The standard InChI is InChI=1S/FH.3H2O.O.Sb/h1H;3*1H2;;/q;;;;;+3/p-3. The molecule has 0 atom stereocenters. The van der Waals surface area contributed by atoms with Gasteiger partial charge in [0.05, 0.1) is 0 Å². The van der Waals surface area contributed by atoms with Gasteiger partial charge in [-0.2, -0.15) is 0 Å². The van der Waals surface area contributed by atoms with Gasteiger partial charge in [-0.05, 0) is 0 Å². The molecule has 0 fully saturated rings. The molecule has 6 heteroatoms. The molecule has 0 aliphatic heterocycles. The third-order valence-electron chi connectivity index (χ3n) is 0. The van der Waals surface area contributed by atoms with Crippen LogP contribution in [0, 0.1) is 0 Å². The molecule has 0 aromatic carbocycles. The van der Waals surface area contributed by atoms with Crippen molar-refractivity contribution in [3.63, 3.8) is 0 Å². The average molecular weight is 209 g/mol. The van der Waals surface area contributed by atoms with Crippen LogP contribution in [0.5, 0.6) is 0 Å². The van der Waals surface area contributed by atoms with Crippen molar-refractivity contribution in [1.29, 1.82) is 0 Å². The topological polar surface area (TPSA) is 77.8 Å². The first-order valence-electron chi connectivity index (χ1n) is 0.783. The van der Waals surface area contributed by atoms with E-state index in [-0.39, 0.29) is 4.70 Å². The fourth-order valence-electron chi connectivity index (χ4n) is 0. The number of hydrogen-bond donors (Lipinski definition) is 3. The van der Waals surface area contributed by atoms with Gasteiger partial charge in [0.25, 0.3) is 0 Å². The van der Waals surface area contributed by atoms with Crippen molar-refractivity contribution in [3.05, 3.63) is 0 Å². The van der Waals surface area contributed by atoms with E-state index in [1.807, 2.05) is 0 Å². The van der Waals surface area contributed by atoms with Gasteiger partial charge in [-0.1, -0.05) is 0 Å². The van der Waals surface area contributed by atoms with E-state index in [1.165, 1.54) is 0 Å². The van der Waals surface area contributed by atoms with Gasteiger partial charge in [-0.3, -0.25) is 4.70 Å². The summed E-state index contributed by atoms with van der Waals surface area (Å²) in [6.07, 6.45) is 0. The zero-order valence-corrected chi connectivity index (χ0v) is 5.16. The van der Waals surface area contributed by atoms with E-state index >= 15 is 0 Å². The fraction of sp³-hybridized carbons (Fsp3) is 0. The van der Waals surface area contributed by atoms with E-state index in [0.717, 1.165) is 0 Å². The Hall–Kier alpha value is 0.428.